The van der Waals surface area contributed by atoms with Gasteiger partial charge in [-0.15, -0.1) is 0 Å². The Balaban J connectivity index is 2.54. The summed E-state index contributed by atoms with van der Waals surface area (Å²) in [4.78, 5) is 0.994. The summed E-state index contributed by atoms with van der Waals surface area (Å²) < 4.78 is 0. The maximum Gasteiger partial charge on any atom is 0.126 e. The minimum Gasteiger partial charge on any atom is -0.393 e. The summed E-state index contributed by atoms with van der Waals surface area (Å²) in [6.07, 6.45) is 0.237. The van der Waals surface area contributed by atoms with Crippen LogP contribution in [0.3, 0.4) is 0 Å². The normalized spacial score (nSPS) is 15.9. The van der Waals surface area contributed by atoms with Gasteiger partial charge in [-0.2, -0.15) is 0 Å². The van der Waals surface area contributed by atoms with Gasteiger partial charge in [-0.3, -0.25) is 0 Å². The molecule has 1 aromatic rings. The van der Waals surface area contributed by atoms with Crippen LogP contribution in [0.25, 0.3) is 0 Å². The fourth-order valence-electron chi connectivity index (χ4n) is 2.45. The van der Waals surface area contributed by atoms with Crippen molar-refractivity contribution < 1.29 is 25.3 Å². The smallest absolute Gasteiger partial charge is 0.126 e. The van der Waals surface area contributed by atoms with Crippen LogP contribution >= 0.6 is 0 Å². The molecule has 0 saturated carbocycles. The molecule has 5 N–H and O–H groups in total. The predicted molar refractivity (Wildman–Crippen MR) is 81.1 cm³/mol. The molecule has 5 nitrogen and oxygen atoms in total. The Kier molecular flexibility index (Phi) is 8.49. The molecule has 0 saturated heterocycles. The van der Waals surface area contributed by atoms with Crippen LogP contribution in [-0.2, 0) is 6.42 Å². The largest absolute Gasteiger partial charge is 0.393 e. The molecule has 0 aliphatic heterocycles. The van der Waals surface area contributed by atoms with Crippen molar-refractivity contribution in [3.05, 3.63) is 35.9 Å². The number of aliphatic hydroxyl groups excluding tert-OH is 4. The van der Waals surface area contributed by atoms with Gasteiger partial charge in [-0.05, 0) is 18.9 Å². The highest BCUT2D eigenvalue weighted by atomic mass is 16.3. The van der Waals surface area contributed by atoms with Crippen LogP contribution in [0.5, 0.6) is 0 Å². The lowest BCUT2D eigenvalue weighted by Crippen LogP contribution is -3.17. The van der Waals surface area contributed by atoms with Gasteiger partial charge in [0, 0.05) is 6.42 Å². The first-order chi connectivity index (χ1) is 10.1. The fraction of sp³-hybridized carbons (Fsp3) is 0.625. The Morgan fingerprint density at radius 1 is 0.952 bits per heavy atom. The van der Waals surface area contributed by atoms with E-state index < -0.39 is 12.2 Å². The number of hydrogen-bond acceptors (Lipinski definition) is 4. The molecule has 0 aliphatic rings. The zero-order valence-electron chi connectivity index (χ0n) is 12.7. The number of rotatable bonds is 10. The lowest BCUT2D eigenvalue weighted by Gasteiger charge is -2.29. The third-order valence-corrected chi connectivity index (χ3v) is 3.82. The molecule has 0 amide bonds. The highest BCUT2D eigenvalue weighted by Gasteiger charge is 2.23. The Labute approximate surface area is 126 Å². The summed E-state index contributed by atoms with van der Waals surface area (Å²) in [7, 11) is 0. The quantitative estimate of drug-likeness (QED) is 0.368. The summed E-state index contributed by atoms with van der Waals surface area (Å²) in [5.41, 5.74) is 1.26. The number of benzene rings is 1. The van der Waals surface area contributed by atoms with E-state index in [1.54, 1.807) is 0 Å². The number of hydrogen-bond donors (Lipinski definition) is 5. The molecule has 120 valence electrons. The zero-order valence-corrected chi connectivity index (χ0v) is 12.7. The van der Waals surface area contributed by atoms with Crippen molar-refractivity contribution in [3.63, 3.8) is 0 Å². The second-order valence-corrected chi connectivity index (χ2v) is 5.66. The van der Waals surface area contributed by atoms with E-state index in [1.807, 2.05) is 18.2 Å². The van der Waals surface area contributed by atoms with Crippen molar-refractivity contribution in [3.8, 4) is 0 Å². The molecule has 3 atom stereocenters. The molecule has 0 aliphatic carbocycles. The number of aliphatic hydroxyl groups is 4. The molecule has 0 bridgehead atoms. The van der Waals surface area contributed by atoms with Gasteiger partial charge in [0.15, 0.2) is 0 Å². The second kappa shape index (κ2) is 9.87. The molecule has 0 fully saturated rings. The van der Waals surface area contributed by atoms with E-state index in [9.17, 15) is 10.2 Å². The predicted octanol–water partition coefficient (Wildman–Crippen LogP) is -1.40. The summed E-state index contributed by atoms with van der Waals surface area (Å²) in [5.74, 6) is 0. The van der Waals surface area contributed by atoms with Gasteiger partial charge in [0.2, 0.25) is 0 Å². The third kappa shape index (κ3) is 7.02. The van der Waals surface area contributed by atoms with Gasteiger partial charge >= 0.3 is 0 Å². The van der Waals surface area contributed by atoms with Gasteiger partial charge in [0.1, 0.15) is 25.3 Å². The molecule has 0 radical (unpaired) electrons. The molecule has 0 heterocycles. The molecule has 0 aromatic heterocycles. The topological polar surface area (TPSA) is 85.4 Å². The van der Waals surface area contributed by atoms with Crippen molar-refractivity contribution in [2.75, 3.05) is 26.3 Å². The van der Waals surface area contributed by atoms with Crippen molar-refractivity contribution >= 4 is 0 Å². The summed E-state index contributed by atoms with van der Waals surface area (Å²) in [6.45, 7) is 2.22. The molecular weight excluding hydrogens is 270 g/mol. The summed E-state index contributed by atoms with van der Waals surface area (Å²) >= 11 is 0. The lowest BCUT2D eigenvalue weighted by molar-refractivity contribution is -0.929. The maximum atomic E-state index is 9.63. The highest BCUT2D eigenvalue weighted by Crippen LogP contribution is 2.03. The summed E-state index contributed by atoms with van der Waals surface area (Å²) in [5, 5.41) is 37.2. The monoisotopic (exact) mass is 298 g/mol. The number of quaternary nitrogens is 1. The average molecular weight is 298 g/mol. The first kappa shape index (κ1) is 18.1. The molecule has 21 heavy (non-hydrogen) atoms. The van der Waals surface area contributed by atoms with E-state index in [0.717, 1.165) is 17.7 Å². The minimum absolute atomic E-state index is 0.215. The lowest BCUT2D eigenvalue weighted by atomic mass is 10.0. The first-order valence-corrected chi connectivity index (χ1v) is 7.53. The van der Waals surface area contributed by atoms with E-state index in [2.05, 4.69) is 19.1 Å². The zero-order chi connectivity index (χ0) is 15.7. The molecule has 0 spiro atoms. The van der Waals surface area contributed by atoms with E-state index in [0.29, 0.717) is 13.1 Å². The molecule has 1 aromatic carbocycles. The van der Waals surface area contributed by atoms with Gasteiger partial charge in [0.25, 0.3) is 0 Å². The Hall–Kier alpha value is -0.980. The van der Waals surface area contributed by atoms with E-state index in [-0.39, 0.29) is 19.3 Å². The van der Waals surface area contributed by atoms with Gasteiger partial charge in [-0.1, -0.05) is 30.3 Å². The van der Waals surface area contributed by atoms with Crippen LogP contribution in [0, 0.1) is 0 Å². The van der Waals surface area contributed by atoms with Crippen molar-refractivity contribution in [2.45, 2.75) is 38.0 Å². The second-order valence-electron chi connectivity index (χ2n) is 5.66. The Morgan fingerprint density at radius 2 is 1.48 bits per heavy atom. The standard InChI is InChI=1S/C16H27NO4/c1-13(7-8-14-5-3-2-4-6-14)17(9-15(20)11-18)10-16(21)12-19/h2-6,13,15-16,18-21H,7-12H2,1H3/p+1/t13-,15+,16+/m0/s1. The van der Waals surface area contributed by atoms with Gasteiger partial charge in [0.05, 0.1) is 19.3 Å². The van der Waals surface area contributed by atoms with Crippen LogP contribution in [0.1, 0.15) is 18.9 Å². The van der Waals surface area contributed by atoms with Gasteiger partial charge < -0.3 is 25.3 Å². The van der Waals surface area contributed by atoms with Crippen LogP contribution < -0.4 is 4.90 Å². The molecule has 0 unspecified atom stereocenters. The van der Waals surface area contributed by atoms with Crippen LogP contribution in [0.2, 0.25) is 0 Å². The van der Waals surface area contributed by atoms with Gasteiger partial charge in [-0.25, -0.2) is 0 Å². The number of nitrogens with one attached hydrogen (secondary N) is 1. The summed E-state index contributed by atoms with van der Waals surface area (Å²) in [6, 6.07) is 10.4. The highest BCUT2D eigenvalue weighted by molar-refractivity contribution is 5.14. The minimum atomic E-state index is -0.801. The van der Waals surface area contributed by atoms with Crippen LogP contribution in [0.4, 0.5) is 0 Å². The van der Waals surface area contributed by atoms with E-state index in [1.165, 1.54) is 5.56 Å². The van der Waals surface area contributed by atoms with Crippen molar-refractivity contribution in [1.82, 2.24) is 0 Å². The molecule has 5 heteroatoms. The molecular formula is C16H28NO4+. The molecule has 1 rings (SSSR count). The average Bonchev–Trinajstić information content (AvgIpc) is 2.52. The Bertz CT molecular complexity index is 362. The number of aryl methyl sites for hydroxylation is 1. The third-order valence-electron chi connectivity index (χ3n) is 3.82. The van der Waals surface area contributed by atoms with Crippen LogP contribution in [-0.4, -0.2) is 65.0 Å². The van der Waals surface area contributed by atoms with Crippen LogP contribution in [0.15, 0.2) is 30.3 Å². The van der Waals surface area contributed by atoms with E-state index >= 15 is 0 Å². The van der Waals surface area contributed by atoms with Crippen molar-refractivity contribution in [2.24, 2.45) is 0 Å². The van der Waals surface area contributed by atoms with E-state index in [4.69, 9.17) is 10.2 Å². The fourth-order valence-corrected chi connectivity index (χ4v) is 2.45. The Morgan fingerprint density at radius 3 is 1.95 bits per heavy atom. The first-order valence-electron chi connectivity index (χ1n) is 7.53. The SMILES string of the molecule is C[C@@H](CCc1ccccc1)[NH+](C[C@@H](O)CO)C[C@@H](O)CO. The van der Waals surface area contributed by atoms with Crippen molar-refractivity contribution in [1.29, 1.82) is 0 Å². The maximum absolute atomic E-state index is 9.63.